The number of rotatable bonds is 9. The maximum absolute atomic E-state index is 11.2. The van der Waals surface area contributed by atoms with E-state index in [2.05, 4.69) is 14.2 Å². The van der Waals surface area contributed by atoms with Crippen LogP contribution in [0.5, 0.6) is 0 Å². The summed E-state index contributed by atoms with van der Waals surface area (Å²) in [5.41, 5.74) is 0. The SMILES string of the molecule is COCCNS(=O)(=O)NCCCS(N)(=O)=O. The van der Waals surface area contributed by atoms with E-state index >= 15 is 0 Å². The molecule has 0 amide bonds. The zero-order chi connectivity index (χ0) is 12.7. The highest BCUT2D eigenvalue weighted by Crippen LogP contribution is 1.85. The lowest BCUT2D eigenvalue weighted by molar-refractivity contribution is 0.204. The number of hydrogen-bond acceptors (Lipinski definition) is 5. The Kier molecular flexibility index (Phi) is 7.03. The molecule has 0 rings (SSSR count). The van der Waals surface area contributed by atoms with Crippen molar-refractivity contribution < 1.29 is 21.6 Å². The van der Waals surface area contributed by atoms with E-state index in [1.54, 1.807) is 0 Å². The van der Waals surface area contributed by atoms with Gasteiger partial charge >= 0.3 is 0 Å². The van der Waals surface area contributed by atoms with Crippen molar-refractivity contribution in [1.82, 2.24) is 9.44 Å². The van der Waals surface area contributed by atoms with Gasteiger partial charge in [-0.1, -0.05) is 0 Å². The van der Waals surface area contributed by atoms with Crippen LogP contribution in [0.2, 0.25) is 0 Å². The van der Waals surface area contributed by atoms with E-state index in [4.69, 9.17) is 5.14 Å². The molecular weight excluding hydrogens is 258 g/mol. The van der Waals surface area contributed by atoms with Gasteiger partial charge in [-0.05, 0) is 6.42 Å². The molecule has 0 aromatic carbocycles. The van der Waals surface area contributed by atoms with Gasteiger partial charge in [0.05, 0.1) is 12.4 Å². The molecule has 0 unspecified atom stereocenters. The molecule has 4 N–H and O–H groups in total. The second kappa shape index (κ2) is 7.14. The first-order chi connectivity index (χ1) is 7.27. The van der Waals surface area contributed by atoms with Gasteiger partial charge in [0.15, 0.2) is 0 Å². The Morgan fingerprint density at radius 1 is 1.12 bits per heavy atom. The van der Waals surface area contributed by atoms with Crippen LogP contribution in [0.15, 0.2) is 0 Å². The Balaban J connectivity index is 3.75. The molecule has 0 fully saturated rings. The van der Waals surface area contributed by atoms with Crippen molar-refractivity contribution in [2.45, 2.75) is 6.42 Å². The molecule has 0 spiro atoms. The minimum Gasteiger partial charge on any atom is -0.383 e. The minimum absolute atomic E-state index is 0.0126. The predicted octanol–water partition coefficient (Wildman–Crippen LogP) is -2.26. The topological polar surface area (TPSA) is 128 Å². The van der Waals surface area contributed by atoms with Crippen LogP contribution >= 0.6 is 0 Å². The quantitative estimate of drug-likeness (QED) is 0.409. The number of methoxy groups -OCH3 is 1. The summed E-state index contributed by atoms with van der Waals surface area (Å²) in [7, 11) is -5.67. The average molecular weight is 275 g/mol. The van der Waals surface area contributed by atoms with Crippen LogP contribution in [0.25, 0.3) is 0 Å². The van der Waals surface area contributed by atoms with Crippen molar-refractivity contribution in [3.63, 3.8) is 0 Å². The Labute approximate surface area is 95.8 Å². The van der Waals surface area contributed by atoms with Gasteiger partial charge in [0.1, 0.15) is 0 Å². The van der Waals surface area contributed by atoms with Gasteiger partial charge in [0.2, 0.25) is 10.0 Å². The molecule has 10 heteroatoms. The lowest BCUT2D eigenvalue weighted by Gasteiger charge is -2.07. The Morgan fingerprint density at radius 3 is 2.19 bits per heavy atom. The molecule has 16 heavy (non-hydrogen) atoms. The first kappa shape index (κ1) is 15.7. The van der Waals surface area contributed by atoms with Crippen LogP contribution in [0.4, 0.5) is 0 Å². The summed E-state index contributed by atoms with van der Waals surface area (Å²) in [6.07, 6.45) is 0.129. The highest BCUT2D eigenvalue weighted by Gasteiger charge is 2.08. The van der Waals surface area contributed by atoms with E-state index in [1.807, 2.05) is 0 Å². The van der Waals surface area contributed by atoms with Crippen molar-refractivity contribution >= 4 is 20.2 Å². The zero-order valence-corrected chi connectivity index (χ0v) is 10.6. The lowest BCUT2D eigenvalue weighted by Crippen LogP contribution is -2.39. The van der Waals surface area contributed by atoms with Crippen molar-refractivity contribution in [2.24, 2.45) is 5.14 Å². The summed E-state index contributed by atoms with van der Waals surface area (Å²) in [5.74, 6) is -0.256. The Bertz CT molecular complexity index is 377. The summed E-state index contributed by atoms with van der Waals surface area (Å²) in [6, 6.07) is 0. The van der Waals surface area contributed by atoms with Gasteiger partial charge in [0.25, 0.3) is 10.2 Å². The van der Waals surface area contributed by atoms with Crippen LogP contribution in [0, 0.1) is 0 Å². The van der Waals surface area contributed by atoms with Crippen LogP contribution in [-0.2, 0) is 25.0 Å². The number of ether oxygens (including phenoxy) is 1. The van der Waals surface area contributed by atoms with Gasteiger partial charge < -0.3 is 4.74 Å². The molecule has 0 bridgehead atoms. The maximum atomic E-state index is 11.2. The summed E-state index contributed by atoms with van der Waals surface area (Å²) < 4.78 is 52.5. The van der Waals surface area contributed by atoms with E-state index in [9.17, 15) is 16.8 Å². The van der Waals surface area contributed by atoms with Crippen LogP contribution in [0.3, 0.4) is 0 Å². The molecule has 0 aromatic heterocycles. The number of sulfonamides is 1. The van der Waals surface area contributed by atoms with Crippen molar-refractivity contribution in [2.75, 3.05) is 32.6 Å². The van der Waals surface area contributed by atoms with Gasteiger partial charge in [-0.15, -0.1) is 0 Å². The summed E-state index contributed by atoms with van der Waals surface area (Å²) >= 11 is 0. The zero-order valence-electron chi connectivity index (χ0n) is 8.97. The van der Waals surface area contributed by atoms with Crippen LogP contribution in [-0.4, -0.2) is 49.4 Å². The molecule has 0 heterocycles. The highest BCUT2D eigenvalue weighted by atomic mass is 32.2. The fourth-order valence-corrected chi connectivity index (χ4v) is 2.22. The van der Waals surface area contributed by atoms with Crippen molar-refractivity contribution in [3.8, 4) is 0 Å². The average Bonchev–Trinajstić information content (AvgIpc) is 2.11. The number of hydrogen-bond donors (Lipinski definition) is 3. The van der Waals surface area contributed by atoms with Crippen molar-refractivity contribution in [1.29, 1.82) is 0 Å². The third-order valence-corrected chi connectivity index (χ3v) is 3.52. The van der Waals surface area contributed by atoms with Gasteiger partial charge in [0, 0.05) is 20.2 Å². The summed E-state index contributed by atoms with van der Waals surface area (Å²) in [6.45, 7) is 0.428. The Morgan fingerprint density at radius 2 is 1.69 bits per heavy atom. The van der Waals surface area contributed by atoms with E-state index in [0.29, 0.717) is 0 Å². The molecule has 98 valence electrons. The molecule has 0 radical (unpaired) electrons. The highest BCUT2D eigenvalue weighted by molar-refractivity contribution is 7.89. The van der Waals surface area contributed by atoms with Crippen LogP contribution < -0.4 is 14.6 Å². The minimum atomic E-state index is -3.59. The second-order valence-corrected chi connectivity index (χ2v) is 6.32. The monoisotopic (exact) mass is 275 g/mol. The number of nitrogens with one attached hydrogen (secondary N) is 2. The molecule has 0 aliphatic carbocycles. The smallest absolute Gasteiger partial charge is 0.276 e. The fourth-order valence-electron chi connectivity index (χ4n) is 0.809. The van der Waals surface area contributed by atoms with Crippen molar-refractivity contribution in [3.05, 3.63) is 0 Å². The van der Waals surface area contributed by atoms with Gasteiger partial charge in [-0.25, -0.2) is 18.3 Å². The molecule has 0 saturated carbocycles. The lowest BCUT2D eigenvalue weighted by atomic mass is 10.5. The molecule has 0 saturated heterocycles. The van der Waals surface area contributed by atoms with Crippen LogP contribution in [0.1, 0.15) is 6.42 Å². The first-order valence-corrected chi connectivity index (χ1v) is 7.70. The fraction of sp³-hybridized carbons (Fsp3) is 1.00. The molecule has 0 atom stereocenters. The molecule has 8 nitrogen and oxygen atoms in total. The predicted molar refractivity (Wildman–Crippen MR) is 59.4 cm³/mol. The van der Waals surface area contributed by atoms with E-state index in [-0.39, 0.29) is 31.9 Å². The van der Waals surface area contributed by atoms with E-state index < -0.39 is 20.2 Å². The maximum Gasteiger partial charge on any atom is 0.276 e. The normalized spacial score (nSPS) is 12.9. The second-order valence-electron chi connectivity index (χ2n) is 3.01. The summed E-state index contributed by atoms with van der Waals surface area (Å²) in [5, 5.41) is 4.75. The largest absolute Gasteiger partial charge is 0.383 e. The molecule has 0 aliphatic rings. The van der Waals surface area contributed by atoms with E-state index in [1.165, 1.54) is 7.11 Å². The molecule has 0 aliphatic heterocycles. The number of nitrogens with two attached hydrogens (primary N) is 1. The van der Waals surface area contributed by atoms with Gasteiger partial charge in [-0.2, -0.15) is 13.1 Å². The molecular formula is C6H17N3O5S2. The third kappa shape index (κ3) is 10.3. The molecule has 0 aromatic rings. The first-order valence-electron chi connectivity index (χ1n) is 4.50. The number of primary sulfonamides is 1. The third-order valence-electron chi connectivity index (χ3n) is 1.50. The standard InChI is InChI=1S/C6H17N3O5S2/c1-14-5-4-9-16(12,13)8-3-2-6-15(7,10)11/h8-9H,2-6H2,1H3,(H2,7,10,11). The van der Waals surface area contributed by atoms with E-state index in [0.717, 1.165) is 0 Å². The summed E-state index contributed by atoms with van der Waals surface area (Å²) in [4.78, 5) is 0. The Hall–Kier alpha value is -0.260. The van der Waals surface area contributed by atoms with Gasteiger partial charge in [-0.3, -0.25) is 0 Å².